The van der Waals surface area contributed by atoms with Crippen LogP contribution in [0, 0.1) is 6.92 Å². The summed E-state index contributed by atoms with van der Waals surface area (Å²) in [6.45, 7) is 4.03. The third-order valence-corrected chi connectivity index (χ3v) is 3.17. The van der Waals surface area contributed by atoms with Crippen molar-refractivity contribution in [3.8, 4) is 0 Å². The molecule has 0 saturated heterocycles. The zero-order chi connectivity index (χ0) is 13.8. The van der Waals surface area contributed by atoms with E-state index in [1.165, 1.54) is 6.20 Å². The SMILES string of the molecule is CCc1cccc(C)c1NC(=O)c1cc(Cl)ccn1. The summed E-state index contributed by atoms with van der Waals surface area (Å²) >= 11 is 5.86. The van der Waals surface area contributed by atoms with Crippen LogP contribution in [0.2, 0.25) is 5.02 Å². The van der Waals surface area contributed by atoms with Gasteiger partial charge in [-0.3, -0.25) is 9.78 Å². The molecule has 98 valence electrons. The van der Waals surface area contributed by atoms with Gasteiger partial charge in [0.2, 0.25) is 0 Å². The fourth-order valence-corrected chi connectivity index (χ4v) is 2.07. The minimum Gasteiger partial charge on any atom is -0.320 e. The molecule has 0 aliphatic rings. The van der Waals surface area contributed by atoms with Gasteiger partial charge in [-0.25, -0.2) is 0 Å². The lowest BCUT2D eigenvalue weighted by Gasteiger charge is -2.12. The number of carbonyl (C=O) groups is 1. The van der Waals surface area contributed by atoms with Gasteiger partial charge in [0.15, 0.2) is 0 Å². The predicted molar refractivity (Wildman–Crippen MR) is 77.8 cm³/mol. The van der Waals surface area contributed by atoms with E-state index in [9.17, 15) is 4.79 Å². The molecule has 0 aliphatic heterocycles. The topological polar surface area (TPSA) is 42.0 Å². The van der Waals surface area contributed by atoms with Gasteiger partial charge in [0, 0.05) is 16.9 Å². The van der Waals surface area contributed by atoms with Crippen LogP contribution < -0.4 is 5.32 Å². The van der Waals surface area contributed by atoms with Crippen LogP contribution in [-0.2, 0) is 6.42 Å². The van der Waals surface area contributed by atoms with Crippen molar-refractivity contribution in [3.05, 3.63) is 58.4 Å². The number of carbonyl (C=O) groups excluding carboxylic acids is 1. The molecule has 0 bridgehead atoms. The van der Waals surface area contributed by atoms with Crippen LogP contribution in [-0.4, -0.2) is 10.9 Å². The molecule has 0 fully saturated rings. The monoisotopic (exact) mass is 274 g/mol. The van der Waals surface area contributed by atoms with Crippen molar-refractivity contribution in [2.75, 3.05) is 5.32 Å². The van der Waals surface area contributed by atoms with Gasteiger partial charge >= 0.3 is 0 Å². The quantitative estimate of drug-likeness (QED) is 0.923. The Morgan fingerprint density at radius 2 is 2.16 bits per heavy atom. The molecule has 0 spiro atoms. The zero-order valence-electron chi connectivity index (χ0n) is 10.9. The molecule has 19 heavy (non-hydrogen) atoms. The highest BCUT2D eigenvalue weighted by atomic mass is 35.5. The highest BCUT2D eigenvalue weighted by Gasteiger charge is 2.11. The number of amides is 1. The normalized spacial score (nSPS) is 10.3. The summed E-state index contributed by atoms with van der Waals surface area (Å²) in [4.78, 5) is 16.2. The first kappa shape index (κ1) is 13.6. The van der Waals surface area contributed by atoms with Crippen LogP contribution in [0.1, 0.15) is 28.5 Å². The second-order valence-corrected chi connectivity index (χ2v) is 4.71. The second-order valence-electron chi connectivity index (χ2n) is 4.28. The van der Waals surface area contributed by atoms with Crippen molar-refractivity contribution in [1.29, 1.82) is 0 Å². The van der Waals surface area contributed by atoms with Crippen LogP contribution in [0.25, 0.3) is 0 Å². The summed E-state index contributed by atoms with van der Waals surface area (Å²) in [7, 11) is 0. The molecule has 0 saturated carbocycles. The van der Waals surface area contributed by atoms with E-state index < -0.39 is 0 Å². The average molecular weight is 275 g/mol. The lowest BCUT2D eigenvalue weighted by molar-refractivity contribution is 0.102. The Morgan fingerprint density at radius 3 is 2.84 bits per heavy atom. The van der Waals surface area contributed by atoms with Crippen LogP contribution in [0.5, 0.6) is 0 Å². The molecule has 0 aliphatic carbocycles. The predicted octanol–water partition coefficient (Wildman–Crippen LogP) is 3.86. The minimum absolute atomic E-state index is 0.244. The largest absolute Gasteiger partial charge is 0.320 e. The molecule has 0 atom stereocenters. The summed E-state index contributed by atoms with van der Waals surface area (Å²) in [6.07, 6.45) is 2.39. The van der Waals surface area contributed by atoms with Crippen LogP contribution in [0.15, 0.2) is 36.5 Å². The number of pyridine rings is 1. The van der Waals surface area contributed by atoms with Gasteiger partial charge < -0.3 is 5.32 Å². The number of hydrogen-bond donors (Lipinski definition) is 1. The van der Waals surface area contributed by atoms with E-state index in [4.69, 9.17) is 11.6 Å². The molecule has 0 radical (unpaired) electrons. The van der Waals surface area contributed by atoms with Gasteiger partial charge in [-0.15, -0.1) is 0 Å². The summed E-state index contributed by atoms with van der Waals surface area (Å²) in [5.74, 6) is -0.244. The first-order chi connectivity index (χ1) is 9.11. The molecule has 2 rings (SSSR count). The standard InChI is InChI=1S/C15H15ClN2O/c1-3-11-6-4-5-10(2)14(11)18-15(19)13-9-12(16)7-8-17-13/h4-9H,3H2,1-2H3,(H,18,19). The van der Waals surface area contributed by atoms with Gasteiger partial charge in [-0.1, -0.05) is 36.7 Å². The molecule has 0 unspecified atom stereocenters. The van der Waals surface area contributed by atoms with E-state index in [1.807, 2.05) is 25.1 Å². The van der Waals surface area contributed by atoms with Crippen molar-refractivity contribution in [2.45, 2.75) is 20.3 Å². The maximum atomic E-state index is 12.2. The lowest BCUT2D eigenvalue weighted by atomic mass is 10.1. The van der Waals surface area contributed by atoms with Gasteiger partial charge in [0.25, 0.3) is 5.91 Å². The zero-order valence-corrected chi connectivity index (χ0v) is 11.7. The van der Waals surface area contributed by atoms with Crippen molar-refractivity contribution in [3.63, 3.8) is 0 Å². The Bertz CT molecular complexity index is 611. The Kier molecular flexibility index (Phi) is 4.17. The summed E-state index contributed by atoms with van der Waals surface area (Å²) < 4.78 is 0. The summed E-state index contributed by atoms with van der Waals surface area (Å²) in [6, 6.07) is 9.17. The van der Waals surface area contributed by atoms with E-state index in [-0.39, 0.29) is 5.91 Å². The summed E-state index contributed by atoms with van der Waals surface area (Å²) in [5, 5.41) is 3.41. The number of anilines is 1. The molecular formula is C15H15ClN2O. The number of benzene rings is 1. The molecule has 1 heterocycles. The van der Waals surface area contributed by atoms with E-state index >= 15 is 0 Å². The molecule has 1 N–H and O–H groups in total. The van der Waals surface area contributed by atoms with Crippen LogP contribution >= 0.6 is 11.6 Å². The summed E-state index contributed by atoms with van der Waals surface area (Å²) in [5.41, 5.74) is 3.32. The highest BCUT2D eigenvalue weighted by Crippen LogP contribution is 2.22. The Balaban J connectivity index is 2.29. The maximum absolute atomic E-state index is 12.2. The molecule has 3 nitrogen and oxygen atoms in total. The molecular weight excluding hydrogens is 260 g/mol. The van der Waals surface area contributed by atoms with Gasteiger partial charge in [-0.2, -0.15) is 0 Å². The van der Waals surface area contributed by atoms with Crippen molar-refractivity contribution >= 4 is 23.2 Å². The third kappa shape index (κ3) is 3.12. The molecule has 1 aromatic heterocycles. The molecule has 4 heteroatoms. The van der Waals surface area contributed by atoms with Crippen LogP contribution in [0.3, 0.4) is 0 Å². The van der Waals surface area contributed by atoms with E-state index in [1.54, 1.807) is 12.1 Å². The fraction of sp³-hybridized carbons (Fsp3) is 0.200. The first-order valence-corrected chi connectivity index (χ1v) is 6.51. The molecule has 2 aromatic rings. The van der Waals surface area contributed by atoms with Crippen molar-refractivity contribution in [1.82, 2.24) is 4.98 Å². The Labute approximate surface area is 117 Å². The van der Waals surface area contributed by atoms with Crippen LogP contribution in [0.4, 0.5) is 5.69 Å². The van der Waals surface area contributed by atoms with E-state index in [0.717, 1.165) is 23.2 Å². The number of nitrogens with one attached hydrogen (secondary N) is 1. The van der Waals surface area contributed by atoms with Crippen molar-refractivity contribution < 1.29 is 4.79 Å². The Hall–Kier alpha value is -1.87. The maximum Gasteiger partial charge on any atom is 0.274 e. The van der Waals surface area contributed by atoms with Gasteiger partial charge in [0.05, 0.1) is 0 Å². The number of hydrogen-bond acceptors (Lipinski definition) is 2. The van der Waals surface area contributed by atoms with Gasteiger partial charge in [-0.05, 0) is 36.6 Å². The smallest absolute Gasteiger partial charge is 0.274 e. The minimum atomic E-state index is -0.244. The fourth-order valence-electron chi connectivity index (χ4n) is 1.91. The third-order valence-electron chi connectivity index (χ3n) is 2.93. The van der Waals surface area contributed by atoms with Crippen molar-refractivity contribution in [2.24, 2.45) is 0 Å². The Morgan fingerprint density at radius 1 is 1.37 bits per heavy atom. The van der Waals surface area contributed by atoms with E-state index in [0.29, 0.717) is 10.7 Å². The number of aryl methyl sites for hydroxylation is 2. The number of nitrogens with zero attached hydrogens (tertiary/aromatic N) is 1. The first-order valence-electron chi connectivity index (χ1n) is 6.13. The highest BCUT2D eigenvalue weighted by molar-refractivity contribution is 6.30. The number of halogens is 1. The lowest BCUT2D eigenvalue weighted by Crippen LogP contribution is -2.15. The average Bonchev–Trinajstić information content (AvgIpc) is 2.41. The number of aromatic nitrogens is 1. The second kappa shape index (κ2) is 5.85. The number of rotatable bonds is 3. The van der Waals surface area contributed by atoms with E-state index in [2.05, 4.69) is 17.2 Å². The molecule has 1 amide bonds. The van der Waals surface area contributed by atoms with Gasteiger partial charge in [0.1, 0.15) is 5.69 Å². The molecule has 1 aromatic carbocycles. The number of para-hydroxylation sites is 1.